The van der Waals surface area contributed by atoms with Gasteiger partial charge in [0.25, 0.3) is 5.91 Å². The lowest BCUT2D eigenvalue weighted by Gasteiger charge is -2.33. The molecule has 0 bridgehead atoms. The highest BCUT2D eigenvalue weighted by Gasteiger charge is 2.32. The summed E-state index contributed by atoms with van der Waals surface area (Å²) in [5.74, 6) is -0.971. The number of hydrogen-bond donors (Lipinski definition) is 1. The molecule has 1 heterocycles. The SMILES string of the molecule is C[C@@H](OC(=O)C1CCN(C(=O)OC(C)(C)C)CC1)C(=O)N[C@@H]1CCCc2ccccc21. The number of amides is 2. The summed E-state index contributed by atoms with van der Waals surface area (Å²) in [6.45, 7) is 7.97. The zero-order chi connectivity index (χ0) is 22.6. The van der Waals surface area contributed by atoms with Crippen LogP contribution in [0.2, 0.25) is 0 Å². The standard InChI is InChI=1S/C24H34N2O5/c1-16(21(27)25-20-11-7-9-17-8-5-6-10-19(17)20)30-22(28)18-12-14-26(15-13-18)23(29)31-24(2,3)4/h5-6,8,10,16,18,20H,7,9,11-15H2,1-4H3,(H,25,27)/t16-,20-/m1/s1. The zero-order valence-corrected chi connectivity index (χ0v) is 19.0. The number of hydrogen-bond acceptors (Lipinski definition) is 5. The summed E-state index contributed by atoms with van der Waals surface area (Å²) in [7, 11) is 0. The van der Waals surface area contributed by atoms with Crippen LogP contribution in [0.5, 0.6) is 0 Å². The van der Waals surface area contributed by atoms with Crippen LogP contribution in [0.15, 0.2) is 24.3 Å². The van der Waals surface area contributed by atoms with E-state index in [1.54, 1.807) is 11.8 Å². The number of esters is 1. The molecule has 0 aromatic heterocycles. The highest BCUT2D eigenvalue weighted by atomic mass is 16.6. The van der Waals surface area contributed by atoms with Crippen molar-refractivity contribution in [2.45, 2.75) is 77.5 Å². The molecule has 2 atom stereocenters. The lowest BCUT2D eigenvalue weighted by molar-refractivity contribution is -0.160. The molecule has 1 saturated heterocycles. The maximum absolute atomic E-state index is 12.7. The van der Waals surface area contributed by atoms with E-state index in [0.29, 0.717) is 25.9 Å². The van der Waals surface area contributed by atoms with E-state index in [2.05, 4.69) is 17.4 Å². The van der Waals surface area contributed by atoms with Crippen molar-refractivity contribution in [3.63, 3.8) is 0 Å². The van der Waals surface area contributed by atoms with Gasteiger partial charge in [0, 0.05) is 13.1 Å². The second-order valence-corrected chi connectivity index (χ2v) is 9.47. The largest absolute Gasteiger partial charge is 0.452 e. The van der Waals surface area contributed by atoms with Gasteiger partial charge < -0.3 is 19.7 Å². The monoisotopic (exact) mass is 430 g/mol. The summed E-state index contributed by atoms with van der Waals surface area (Å²) in [5.41, 5.74) is 1.87. The molecular weight excluding hydrogens is 396 g/mol. The van der Waals surface area contributed by atoms with Crippen LogP contribution in [-0.2, 0) is 25.5 Å². The van der Waals surface area contributed by atoms with Crippen molar-refractivity contribution in [3.8, 4) is 0 Å². The molecule has 1 aromatic carbocycles. The number of nitrogens with zero attached hydrogens (tertiary/aromatic N) is 1. The summed E-state index contributed by atoms with van der Waals surface area (Å²) in [5, 5.41) is 3.04. The van der Waals surface area contributed by atoms with Crippen LogP contribution < -0.4 is 5.32 Å². The third-order valence-corrected chi connectivity index (χ3v) is 5.83. The normalized spacial score (nSPS) is 20.4. The number of piperidine rings is 1. The smallest absolute Gasteiger partial charge is 0.410 e. The minimum Gasteiger partial charge on any atom is -0.452 e. The molecule has 7 heteroatoms. The van der Waals surface area contributed by atoms with Gasteiger partial charge in [0.2, 0.25) is 0 Å². The molecule has 1 aliphatic carbocycles. The minimum absolute atomic E-state index is 0.0457. The van der Waals surface area contributed by atoms with E-state index < -0.39 is 11.7 Å². The lowest BCUT2D eigenvalue weighted by Crippen LogP contribution is -2.44. The fourth-order valence-corrected chi connectivity index (χ4v) is 4.14. The van der Waals surface area contributed by atoms with Gasteiger partial charge in [0.15, 0.2) is 6.10 Å². The average molecular weight is 431 g/mol. The second kappa shape index (κ2) is 9.71. The van der Waals surface area contributed by atoms with Crippen LogP contribution >= 0.6 is 0 Å². The van der Waals surface area contributed by atoms with Gasteiger partial charge in [-0.15, -0.1) is 0 Å². The van der Waals surface area contributed by atoms with E-state index in [9.17, 15) is 14.4 Å². The van der Waals surface area contributed by atoms with Crippen LogP contribution in [0.4, 0.5) is 4.79 Å². The Bertz CT molecular complexity index is 808. The topological polar surface area (TPSA) is 84.9 Å². The van der Waals surface area contributed by atoms with Gasteiger partial charge in [-0.05, 0) is 70.9 Å². The molecule has 1 aliphatic heterocycles. The maximum Gasteiger partial charge on any atom is 0.410 e. The predicted molar refractivity (Wildman–Crippen MR) is 116 cm³/mol. The first-order valence-corrected chi connectivity index (χ1v) is 11.2. The molecule has 0 radical (unpaired) electrons. The Balaban J connectivity index is 1.47. The summed E-state index contributed by atoms with van der Waals surface area (Å²) < 4.78 is 10.9. The Morgan fingerprint density at radius 1 is 1.10 bits per heavy atom. The fraction of sp³-hybridized carbons (Fsp3) is 0.625. The van der Waals surface area contributed by atoms with Crippen molar-refractivity contribution in [1.82, 2.24) is 10.2 Å². The zero-order valence-electron chi connectivity index (χ0n) is 19.0. The number of carbonyl (C=O) groups excluding carboxylic acids is 3. The minimum atomic E-state index is -0.856. The lowest BCUT2D eigenvalue weighted by atomic mass is 9.87. The van der Waals surface area contributed by atoms with Gasteiger partial charge in [0.1, 0.15) is 5.60 Å². The van der Waals surface area contributed by atoms with Gasteiger partial charge in [0.05, 0.1) is 12.0 Å². The molecule has 2 aliphatic rings. The van der Waals surface area contributed by atoms with Crippen molar-refractivity contribution >= 4 is 18.0 Å². The van der Waals surface area contributed by atoms with Crippen LogP contribution in [0, 0.1) is 5.92 Å². The van der Waals surface area contributed by atoms with E-state index in [4.69, 9.17) is 9.47 Å². The van der Waals surface area contributed by atoms with E-state index in [1.807, 2.05) is 32.9 Å². The fourth-order valence-electron chi connectivity index (χ4n) is 4.14. The average Bonchev–Trinajstić information content (AvgIpc) is 2.72. The molecule has 0 spiro atoms. The second-order valence-electron chi connectivity index (χ2n) is 9.47. The first kappa shape index (κ1) is 23.1. The quantitative estimate of drug-likeness (QED) is 0.735. The van der Waals surface area contributed by atoms with Crippen molar-refractivity contribution in [2.75, 3.05) is 13.1 Å². The van der Waals surface area contributed by atoms with Crippen LogP contribution in [0.25, 0.3) is 0 Å². The summed E-state index contributed by atoms with van der Waals surface area (Å²) in [6.07, 6.45) is 2.71. The van der Waals surface area contributed by atoms with Gasteiger partial charge in [-0.1, -0.05) is 24.3 Å². The molecule has 31 heavy (non-hydrogen) atoms. The van der Waals surface area contributed by atoms with Crippen LogP contribution in [-0.4, -0.2) is 47.7 Å². The first-order chi connectivity index (χ1) is 14.6. The number of likely N-dealkylation sites (tertiary alicyclic amines) is 1. The van der Waals surface area contributed by atoms with Gasteiger partial charge >= 0.3 is 12.1 Å². The number of benzene rings is 1. The molecule has 3 rings (SSSR count). The molecule has 0 unspecified atom stereocenters. The molecule has 2 amide bonds. The number of aryl methyl sites for hydroxylation is 1. The summed E-state index contributed by atoms with van der Waals surface area (Å²) >= 11 is 0. The summed E-state index contributed by atoms with van der Waals surface area (Å²) in [4.78, 5) is 39.0. The van der Waals surface area contributed by atoms with Crippen molar-refractivity contribution in [2.24, 2.45) is 5.92 Å². The number of carbonyl (C=O) groups is 3. The van der Waals surface area contributed by atoms with Crippen LogP contribution in [0.1, 0.15) is 70.5 Å². The Kier molecular flexibility index (Phi) is 7.23. The number of ether oxygens (including phenoxy) is 2. The number of fused-ring (bicyclic) bond motifs is 1. The third-order valence-electron chi connectivity index (χ3n) is 5.83. The van der Waals surface area contributed by atoms with E-state index in [0.717, 1.165) is 24.8 Å². The molecular formula is C24H34N2O5. The molecule has 1 N–H and O–H groups in total. The van der Waals surface area contributed by atoms with E-state index in [-0.39, 0.29) is 29.9 Å². The summed E-state index contributed by atoms with van der Waals surface area (Å²) in [6, 6.07) is 8.10. The van der Waals surface area contributed by atoms with Crippen molar-refractivity contribution in [3.05, 3.63) is 35.4 Å². The van der Waals surface area contributed by atoms with Crippen molar-refractivity contribution in [1.29, 1.82) is 0 Å². The Labute approximate surface area is 184 Å². The van der Waals surface area contributed by atoms with Gasteiger partial charge in [-0.25, -0.2) is 4.79 Å². The number of nitrogens with one attached hydrogen (secondary N) is 1. The van der Waals surface area contributed by atoms with Gasteiger partial charge in [-0.2, -0.15) is 0 Å². The third kappa shape index (κ3) is 6.21. The van der Waals surface area contributed by atoms with Crippen molar-refractivity contribution < 1.29 is 23.9 Å². The Morgan fingerprint density at radius 3 is 2.45 bits per heavy atom. The molecule has 170 valence electrons. The molecule has 1 fully saturated rings. The molecule has 0 saturated carbocycles. The predicted octanol–water partition coefficient (Wildman–Crippen LogP) is 3.76. The molecule has 7 nitrogen and oxygen atoms in total. The van der Waals surface area contributed by atoms with Crippen LogP contribution in [0.3, 0.4) is 0 Å². The molecule has 1 aromatic rings. The van der Waals surface area contributed by atoms with Gasteiger partial charge in [-0.3, -0.25) is 9.59 Å². The highest BCUT2D eigenvalue weighted by molar-refractivity contribution is 5.84. The van der Waals surface area contributed by atoms with E-state index in [1.165, 1.54) is 5.56 Å². The Hall–Kier alpha value is -2.57. The maximum atomic E-state index is 12.7. The highest BCUT2D eigenvalue weighted by Crippen LogP contribution is 2.29. The first-order valence-electron chi connectivity index (χ1n) is 11.2. The van der Waals surface area contributed by atoms with E-state index >= 15 is 0 Å². The Morgan fingerprint density at radius 2 is 1.77 bits per heavy atom. The number of rotatable bonds is 4.